The number of alkyl carbamates (subject to hydrolysis) is 1. The SMILES string of the molecule is CC(=O)OCC1OC2OC(=O)NC2C(OC(C)=O)C1OC(C)=O. The highest BCUT2D eigenvalue weighted by Gasteiger charge is 2.55. The Labute approximate surface area is 131 Å². The first-order chi connectivity index (χ1) is 10.8. The molecule has 2 aliphatic heterocycles. The van der Waals surface area contributed by atoms with Crippen molar-refractivity contribution in [3.63, 3.8) is 0 Å². The maximum absolute atomic E-state index is 11.4. The maximum Gasteiger partial charge on any atom is 0.410 e. The summed E-state index contributed by atoms with van der Waals surface area (Å²) in [6.45, 7) is 3.29. The zero-order valence-corrected chi connectivity index (χ0v) is 12.8. The lowest BCUT2D eigenvalue weighted by Gasteiger charge is -2.40. The highest BCUT2D eigenvalue weighted by Crippen LogP contribution is 2.30. The molecular weight excluding hydrogens is 314 g/mol. The van der Waals surface area contributed by atoms with Gasteiger partial charge in [-0.1, -0.05) is 0 Å². The van der Waals surface area contributed by atoms with Crippen molar-refractivity contribution >= 4 is 24.0 Å². The number of ether oxygens (including phenoxy) is 5. The number of amides is 1. The number of hydrogen-bond acceptors (Lipinski definition) is 9. The van der Waals surface area contributed by atoms with Gasteiger partial charge in [-0.3, -0.25) is 14.4 Å². The summed E-state index contributed by atoms with van der Waals surface area (Å²) in [7, 11) is 0. The number of carbonyl (C=O) groups is 4. The smallest absolute Gasteiger partial charge is 0.410 e. The average molecular weight is 331 g/mol. The molecule has 2 aliphatic rings. The third-order valence-corrected chi connectivity index (χ3v) is 3.21. The van der Waals surface area contributed by atoms with Gasteiger partial charge in [0.1, 0.15) is 18.8 Å². The Morgan fingerprint density at radius 1 is 1.04 bits per heavy atom. The van der Waals surface area contributed by atoms with Crippen LogP contribution in [0.5, 0.6) is 0 Å². The van der Waals surface area contributed by atoms with Crippen LogP contribution in [0.2, 0.25) is 0 Å². The van der Waals surface area contributed by atoms with Gasteiger partial charge in [-0.25, -0.2) is 4.79 Å². The fourth-order valence-corrected chi connectivity index (χ4v) is 2.43. The molecule has 0 aromatic carbocycles. The summed E-state index contributed by atoms with van der Waals surface area (Å²) in [5.41, 5.74) is 0. The summed E-state index contributed by atoms with van der Waals surface area (Å²) < 4.78 is 25.6. The van der Waals surface area contributed by atoms with E-state index in [-0.39, 0.29) is 6.61 Å². The minimum absolute atomic E-state index is 0.258. The van der Waals surface area contributed by atoms with E-state index in [1.165, 1.54) is 20.8 Å². The van der Waals surface area contributed by atoms with Gasteiger partial charge in [0.15, 0.2) is 12.2 Å². The zero-order chi connectivity index (χ0) is 17.1. The van der Waals surface area contributed by atoms with E-state index in [2.05, 4.69) is 5.32 Å². The molecular formula is C13H17NO9. The summed E-state index contributed by atoms with van der Waals surface area (Å²) in [5.74, 6) is -1.85. The summed E-state index contributed by atoms with van der Waals surface area (Å²) in [6.07, 6.45) is -4.88. The van der Waals surface area contributed by atoms with E-state index < -0.39 is 54.6 Å². The number of nitrogens with one attached hydrogen (secondary N) is 1. The molecule has 0 saturated carbocycles. The van der Waals surface area contributed by atoms with Gasteiger partial charge in [0.25, 0.3) is 0 Å². The van der Waals surface area contributed by atoms with Gasteiger partial charge in [-0.2, -0.15) is 0 Å². The van der Waals surface area contributed by atoms with Crippen LogP contribution in [0.1, 0.15) is 20.8 Å². The normalized spacial score (nSPS) is 32.1. The Morgan fingerprint density at radius 2 is 1.65 bits per heavy atom. The van der Waals surface area contributed by atoms with Crippen LogP contribution in [-0.2, 0) is 38.1 Å². The Kier molecular flexibility index (Phi) is 5.04. The van der Waals surface area contributed by atoms with Crippen LogP contribution in [0.15, 0.2) is 0 Å². The molecule has 10 nitrogen and oxygen atoms in total. The fraction of sp³-hybridized carbons (Fsp3) is 0.692. The van der Waals surface area contributed by atoms with Crippen molar-refractivity contribution in [2.45, 2.75) is 51.4 Å². The Bertz CT molecular complexity index is 520. The molecule has 128 valence electrons. The molecule has 2 rings (SSSR count). The number of esters is 3. The summed E-state index contributed by atoms with van der Waals surface area (Å²) in [6, 6.07) is -0.843. The summed E-state index contributed by atoms with van der Waals surface area (Å²) in [5, 5.41) is 2.44. The van der Waals surface area contributed by atoms with Crippen LogP contribution in [0, 0.1) is 0 Å². The summed E-state index contributed by atoms with van der Waals surface area (Å²) in [4.78, 5) is 45.1. The summed E-state index contributed by atoms with van der Waals surface area (Å²) >= 11 is 0. The van der Waals surface area contributed by atoms with Gasteiger partial charge < -0.3 is 29.0 Å². The lowest BCUT2D eigenvalue weighted by molar-refractivity contribution is -0.249. The molecule has 0 spiro atoms. The van der Waals surface area contributed by atoms with E-state index in [0.717, 1.165) is 0 Å². The van der Waals surface area contributed by atoms with Crippen molar-refractivity contribution in [1.82, 2.24) is 5.32 Å². The Morgan fingerprint density at radius 3 is 2.22 bits per heavy atom. The van der Waals surface area contributed by atoms with E-state index in [0.29, 0.717) is 0 Å². The molecule has 5 unspecified atom stereocenters. The number of rotatable bonds is 4. The molecule has 23 heavy (non-hydrogen) atoms. The first kappa shape index (κ1) is 17.0. The molecule has 2 saturated heterocycles. The van der Waals surface area contributed by atoms with Gasteiger partial charge in [-0.05, 0) is 0 Å². The molecule has 2 fully saturated rings. The fourth-order valence-electron chi connectivity index (χ4n) is 2.43. The van der Waals surface area contributed by atoms with Crippen LogP contribution in [0.25, 0.3) is 0 Å². The highest BCUT2D eigenvalue weighted by atomic mass is 16.7. The van der Waals surface area contributed by atoms with Crippen molar-refractivity contribution in [3.05, 3.63) is 0 Å². The van der Waals surface area contributed by atoms with E-state index in [1.54, 1.807) is 0 Å². The van der Waals surface area contributed by atoms with Crippen LogP contribution in [-0.4, -0.2) is 61.3 Å². The van der Waals surface area contributed by atoms with Gasteiger partial charge in [0.2, 0.25) is 6.29 Å². The third-order valence-electron chi connectivity index (χ3n) is 3.21. The third kappa shape index (κ3) is 4.09. The minimum Gasteiger partial charge on any atom is -0.463 e. The van der Waals surface area contributed by atoms with Crippen molar-refractivity contribution in [3.8, 4) is 0 Å². The maximum atomic E-state index is 11.4. The molecule has 0 bridgehead atoms. The molecule has 5 atom stereocenters. The van der Waals surface area contributed by atoms with Gasteiger partial charge in [0.05, 0.1) is 0 Å². The van der Waals surface area contributed by atoms with Crippen LogP contribution >= 0.6 is 0 Å². The number of hydrogen-bond donors (Lipinski definition) is 1. The predicted octanol–water partition coefficient (Wildman–Crippen LogP) is -0.754. The van der Waals surface area contributed by atoms with Crippen LogP contribution < -0.4 is 5.32 Å². The predicted molar refractivity (Wildman–Crippen MR) is 69.8 cm³/mol. The standard InChI is InChI=1S/C13H17NO9/c1-5(15)19-4-8-10(20-6(2)16)11(21-7(3)17)9-12(22-8)23-13(18)14-9/h8-12H,4H2,1-3H3,(H,14,18). The molecule has 0 aromatic heterocycles. The largest absolute Gasteiger partial charge is 0.463 e. The topological polar surface area (TPSA) is 126 Å². The van der Waals surface area contributed by atoms with Crippen LogP contribution in [0.4, 0.5) is 4.79 Å². The zero-order valence-electron chi connectivity index (χ0n) is 12.8. The Balaban J connectivity index is 2.25. The number of fused-ring (bicyclic) bond motifs is 1. The molecule has 0 aliphatic carbocycles. The lowest BCUT2D eigenvalue weighted by Crippen LogP contribution is -2.62. The molecule has 0 radical (unpaired) electrons. The highest BCUT2D eigenvalue weighted by molar-refractivity contribution is 5.71. The van der Waals surface area contributed by atoms with Gasteiger partial charge in [0, 0.05) is 20.8 Å². The average Bonchev–Trinajstić information content (AvgIpc) is 2.78. The molecule has 1 N–H and O–H groups in total. The second-order valence-electron chi connectivity index (χ2n) is 5.07. The van der Waals surface area contributed by atoms with Crippen molar-refractivity contribution in [2.24, 2.45) is 0 Å². The second kappa shape index (κ2) is 6.82. The second-order valence-corrected chi connectivity index (χ2v) is 5.07. The molecule has 10 heteroatoms. The van der Waals surface area contributed by atoms with Crippen molar-refractivity contribution in [2.75, 3.05) is 6.61 Å². The minimum atomic E-state index is -1.07. The molecule has 1 amide bonds. The first-order valence-corrected chi connectivity index (χ1v) is 6.88. The van der Waals surface area contributed by atoms with E-state index >= 15 is 0 Å². The quantitative estimate of drug-likeness (QED) is 0.522. The molecule has 2 heterocycles. The Hall–Kier alpha value is -2.36. The van der Waals surface area contributed by atoms with Gasteiger partial charge in [-0.15, -0.1) is 0 Å². The number of carbonyl (C=O) groups excluding carboxylic acids is 4. The molecule has 0 aromatic rings. The lowest BCUT2D eigenvalue weighted by atomic mass is 9.97. The van der Waals surface area contributed by atoms with Crippen LogP contribution in [0.3, 0.4) is 0 Å². The van der Waals surface area contributed by atoms with E-state index in [1.807, 2.05) is 0 Å². The first-order valence-electron chi connectivity index (χ1n) is 6.88. The van der Waals surface area contributed by atoms with Crippen molar-refractivity contribution < 1.29 is 42.9 Å². The van der Waals surface area contributed by atoms with E-state index in [9.17, 15) is 19.2 Å². The van der Waals surface area contributed by atoms with Gasteiger partial charge >= 0.3 is 24.0 Å². The van der Waals surface area contributed by atoms with E-state index in [4.69, 9.17) is 23.7 Å². The monoisotopic (exact) mass is 331 g/mol. The van der Waals surface area contributed by atoms with Crippen molar-refractivity contribution in [1.29, 1.82) is 0 Å².